The van der Waals surface area contributed by atoms with Crippen molar-refractivity contribution in [3.8, 4) is 0 Å². The number of nitrogens with zero attached hydrogens (tertiary/aromatic N) is 4. The molecule has 1 aromatic carbocycles. The van der Waals surface area contributed by atoms with Gasteiger partial charge in [-0.05, 0) is 30.2 Å². The molecule has 3 heterocycles. The largest absolute Gasteiger partial charge is 0.421 e. The predicted molar refractivity (Wildman–Crippen MR) is 116 cm³/mol. The fourth-order valence-corrected chi connectivity index (χ4v) is 3.36. The average molecular weight is 475 g/mol. The first-order chi connectivity index (χ1) is 16.2. The highest BCUT2D eigenvalue weighted by atomic mass is 19.4. The van der Waals surface area contributed by atoms with E-state index < -0.39 is 11.7 Å². The number of hydrogen-bond donors (Lipinski definition) is 3. The van der Waals surface area contributed by atoms with Crippen LogP contribution in [0.25, 0.3) is 0 Å². The molecule has 13 heteroatoms. The predicted octanol–water partition coefficient (Wildman–Crippen LogP) is 3.30. The van der Waals surface area contributed by atoms with Crippen molar-refractivity contribution in [2.45, 2.75) is 19.0 Å². The topological polar surface area (TPSA) is 125 Å². The molecule has 0 bridgehead atoms. The molecule has 1 aliphatic rings. The lowest BCUT2D eigenvalue weighted by Gasteiger charge is -2.17. The molecule has 34 heavy (non-hydrogen) atoms. The van der Waals surface area contributed by atoms with Crippen LogP contribution in [0, 0.1) is 0 Å². The maximum absolute atomic E-state index is 13.4. The number of anilines is 4. The zero-order valence-electron chi connectivity index (χ0n) is 17.9. The van der Waals surface area contributed by atoms with Gasteiger partial charge in [-0.15, -0.1) is 0 Å². The van der Waals surface area contributed by atoms with Crippen LogP contribution >= 0.6 is 0 Å². The van der Waals surface area contributed by atoms with Crippen LogP contribution in [-0.4, -0.2) is 52.0 Å². The van der Waals surface area contributed by atoms with Crippen LogP contribution in [0.1, 0.15) is 28.1 Å². The van der Waals surface area contributed by atoms with Gasteiger partial charge in [0.25, 0.3) is 5.91 Å². The molecule has 3 N–H and O–H groups in total. The second-order valence-corrected chi connectivity index (χ2v) is 7.56. The lowest BCUT2D eigenvalue weighted by atomic mass is 10.1. The minimum atomic E-state index is -4.65. The minimum absolute atomic E-state index is 0.0367. The Morgan fingerprint density at radius 3 is 2.85 bits per heavy atom. The van der Waals surface area contributed by atoms with Gasteiger partial charge in [0.2, 0.25) is 17.6 Å². The highest BCUT2D eigenvalue weighted by Crippen LogP contribution is 2.34. The number of amides is 2. The lowest BCUT2D eigenvalue weighted by molar-refractivity contribution is -0.137. The minimum Gasteiger partial charge on any atom is -0.369 e. The zero-order valence-corrected chi connectivity index (χ0v) is 17.9. The number of aromatic nitrogens is 3. The maximum Gasteiger partial charge on any atom is 0.421 e. The fourth-order valence-electron chi connectivity index (χ4n) is 3.36. The van der Waals surface area contributed by atoms with Gasteiger partial charge in [0.05, 0.1) is 12.6 Å². The smallest absolute Gasteiger partial charge is 0.369 e. The van der Waals surface area contributed by atoms with Crippen LogP contribution < -0.4 is 16.0 Å². The molecule has 0 aliphatic carbocycles. The van der Waals surface area contributed by atoms with Gasteiger partial charge in [-0.25, -0.2) is 4.98 Å². The highest BCUT2D eigenvalue weighted by Gasteiger charge is 2.35. The molecule has 10 nitrogen and oxygen atoms in total. The van der Waals surface area contributed by atoms with Gasteiger partial charge in [0, 0.05) is 43.8 Å². The molecule has 3 aromatic rings. The van der Waals surface area contributed by atoms with E-state index in [-0.39, 0.29) is 48.9 Å². The quantitative estimate of drug-likeness (QED) is 0.424. The molecule has 0 radical (unpaired) electrons. The molecule has 4 rings (SSSR count). The monoisotopic (exact) mass is 475 g/mol. The normalized spacial score (nSPS) is 12.8. The molecular formula is C21H20F3N7O3. The number of fused-ring (bicyclic) bond motifs is 1. The van der Waals surface area contributed by atoms with Crippen molar-refractivity contribution < 1.29 is 27.3 Å². The van der Waals surface area contributed by atoms with E-state index in [0.29, 0.717) is 24.0 Å². The van der Waals surface area contributed by atoms with Crippen LogP contribution in [0.2, 0.25) is 0 Å². The molecule has 0 fully saturated rings. The van der Waals surface area contributed by atoms with Crippen LogP contribution in [0.3, 0.4) is 0 Å². The Hall–Kier alpha value is -4.16. The molecule has 178 valence electrons. The summed E-state index contributed by atoms with van der Waals surface area (Å²) in [5, 5.41) is 11.7. The van der Waals surface area contributed by atoms with Gasteiger partial charge in [-0.1, -0.05) is 5.16 Å². The van der Waals surface area contributed by atoms with E-state index in [9.17, 15) is 22.8 Å². The summed E-state index contributed by atoms with van der Waals surface area (Å²) in [5.41, 5.74) is 0.990. The van der Waals surface area contributed by atoms with E-state index >= 15 is 0 Å². The Morgan fingerprint density at radius 1 is 1.29 bits per heavy atom. The maximum atomic E-state index is 13.4. The van der Waals surface area contributed by atoms with Crippen LogP contribution in [-0.2, 0) is 17.4 Å². The van der Waals surface area contributed by atoms with Crippen molar-refractivity contribution in [2.24, 2.45) is 0 Å². The zero-order chi connectivity index (χ0) is 24.3. The number of halogens is 3. The van der Waals surface area contributed by atoms with Gasteiger partial charge in [0.15, 0.2) is 0 Å². The van der Waals surface area contributed by atoms with Gasteiger partial charge in [-0.3, -0.25) is 9.59 Å². The second-order valence-electron chi connectivity index (χ2n) is 7.56. The van der Waals surface area contributed by atoms with Gasteiger partial charge in [-0.2, -0.15) is 18.2 Å². The summed E-state index contributed by atoms with van der Waals surface area (Å²) >= 11 is 0. The summed E-state index contributed by atoms with van der Waals surface area (Å²) < 4.78 is 45.1. The molecule has 0 unspecified atom stereocenters. The van der Waals surface area contributed by atoms with E-state index in [1.165, 1.54) is 17.2 Å². The van der Waals surface area contributed by atoms with Crippen LogP contribution in [0.4, 0.5) is 36.3 Å². The molecule has 2 aromatic heterocycles. The Labute approximate surface area is 191 Å². The van der Waals surface area contributed by atoms with Crippen LogP contribution in [0.15, 0.2) is 41.2 Å². The fraction of sp³-hybridized carbons (Fsp3) is 0.286. The molecule has 2 amide bonds. The van der Waals surface area contributed by atoms with Crippen molar-refractivity contribution >= 4 is 35.0 Å². The van der Waals surface area contributed by atoms with Crippen molar-refractivity contribution in [3.05, 3.63) is 53.5 Å². The third-order valence-electron chi connectivity index (χ3n) is 5.04. The van der Waals surface area contributed by atoms with Gasteiger partial charge >= 0.3 is 6.18 Å². The standard InChI is InChI=1S/C21H20F3N7O3/c1-31(19(33)16-5-7-27-34-16)8-2-6-25-18-14(21(22,23)24)11-26-20(30-18)28-13-3-4-15-12(9-13)10-17(32)29-15/h3-5,7,9,11H,2,6,8,10H2,1H3,(H,29,32)(H2,25,26,28,30). The summed E-state index contributed by atoms with van der Waals surface area (Å²) in [7, 11) is 1.55. The van der Waals surface area contributed by atoms with E-state index in [1.807, 2.05) is 0 Å². The average Bonchev–Trinajstić information content (AvgIpc) is 3.44. The number of alkyl halides is 3. The lowest BCUT2D eigenvalue weighted by Crippen LogP contribution is -2.28. The Bertz CT molecular complexity index is 1200. The molecule has 0 saturated carbocycles. The number of carbonyl (C=O) groups excluding carboxylic acids is 2. The third kappa shape index (κ3) is 5.24. The van der Waals surface area contributed by atoms with Gasteiger partial charge in [0.1, 0.15) is 11.4 Å². The summed E-state index contributed by atoms with van der Waals surface area (Å²) in [5.74, 6) is -0.851. The number of hydrogen-bond acceptors (Lipinski definition) is 8. The van der Waals surface area contributed by atoms with Crippen molar-refractivity contribution in [1.82, 2.24) is 20.0 Å². The van der Waals surface area contributed by atoms with E-state index in [2.05, 4.69) is 31.1 Å². The van der Waals surface area contributed by atoms with E-state index in [1.54, 1.807) is 25.2 Å². The van der Waals surface area contributed by atoms with Crippen molar-refractivity contribution in [2.75, 3.05) is 36.1 Å². The number of rotatable bonds is 8. The summed E-state index contributed by atoms with van der Waals surface area (Å²) in [4.78, 5) is 32.8. The SMILES string of the molecule is CN(CCCNc1nc(Nc2ccc3c(c2)CC(=O)N3)ncc1C(F)(F)F)C(=O)c1ccno1. The number of nitrogens with one attached hydrogen (secondary N) is 3. The second kappa shape index (κ2) is 9.37. The molecule has 0 atom stereocenters. The molecular weight excluding hydrogens is 455 g/mol. The van der Waals surface area contributed by atoms with Crippen LogP contribution in [0.5, 0.6) is 0 Å². The number of carbonyl (C=O) groups is 2. The van der Waals surface area contributed by atoms with E-state index in [0.717, 1.165) is 5.56 Å². The molecule has 0 spiro atoms. The summed E-state index contributed by atoms with van der Waals surface area (Å²) in [6.07, 6.45) is -2.03. The Kier molecular flexibility index (Phi) is 6.34. The highest BCUT2D eigenvalue weighted by molar-refractivity contribution is 5.99. The first-order valence-electron chi connectivity index (χ1n) is 10.2. The number of benzene rings is 1. The van der Waals surface area contributed by atoms with Gasteiger partial charge < -0.3 is 25.4 Å². The van der Waals surface area contributed by atoms with E-state index in [4.69, 9.17) is 4.52 Å². The first kappa shape index (κ1) is 23.0. The Balaban J connectivity index is 1.41. The summed E-state index contributed by atoms with van der Waals surface area (Å²) in [6.45, 7) is 0.395. The first-order valence-corrected chi connectivity index (χ1v) is 10.2. The summed E-state index contributed by atoms with van der Waals surface area (Å²) in [6, 6.07) is 6.50. The Morgan fingerprint density at radius 2 is 2.12 bits per heavy atom. The molecule has 1 aliphatic heterocycles. The van der Waals surface area contributed by atoms with Crippen molar-refractivity contribution in [1.29, 1.82) is 0 Å². The van der Waals surface area contributed by atoms with Crippen molar-refractivity contribution in [3.63, 3.8) is 0 Å². The third-order valence-corrected chi connectivity index (χ3v) is 5.04. The molecule has 0 saturated heterocycles.